The molecule has 1 atom stereocenters. The number of nitrogens with one attached hydrogen (secondary N) is 1. The highest BCUT2D eigenvalue weighted by Gasteiger charge is 2.06. The van der Waals surface area contributed by atoms with E-state index in [0.717, 1.165) is 12.8 Å². The van der Waals surface area contributed by atoms with Crippen molar-refractivity contribution in [2.45, 2.75) is 77.7 Å². The molecule has 0 radical (unpaired) electrons. The molecule has 2 heteroatoms. The van der Waals surface area contributed by atoms with Crippen molar-refractivity contribution >= 4 is 0 Å². The first-order chi connectivity index (χ1) is 7.74. The van der Waals surface area contributed by atoms with Crippen LogP contribution in [-0.4, -0.2) is 6.04 Å². The van der Waals surface area contributed by atoms with E-state index >= 15 is 0 Å². The zero-order chi connectivity index (χ0) is 12.2. The van der Waals surface area contributed by atoms with Crippen LogP contribution in [0, 0.1) is 0 Å². The zero-order valence-corrected chi connectivity index (χ0v) is 11.2. The number of nitrogens with two attached hydrogens (primary N) is 1. The lowest BCUT2D eigenvalue weighted by Gasteiger charge is -2.16. The summed E-state index contributed by atoms with van der Waals surface area (Å²) < 4.78 is 0. The molecule has 0 aromatic heterocycles. The predicted molar refractivity (Wildman–Crippen MR) is 73.2 cm³/mol. The fourth-order valence-electron chi connectivity index (χ4n) is 1.91. The Balaban J connectivity index is 3.44. The van der Waals surface area contributed by atoms with Crippen molar-refractivity contribution in [1.82, 2.24) is 5.43 Å². The fourth-order valence-corrected chi connectivity index (χ4v) is 1.91. The highest BCUT2D eigenvalue weighted by Crippen LogP contribution is 2.13. The second kappa shape index (κ2) is 11.2. The Labute approximate surface area is 102 Å². The monoisotopic (exact) mass is 226 g/mol. The number of hydrogen-bond donors (Lipinski definition) is 2. The molecule has 0 aromatic carbocycles. The van der Waals surface area contributed by atoms with E-state index < -0.39 is 0 Å². The highest BCUT2D eigenvalue weighted by molar-refractivity contribution is 4.95. The Morgan fingerprint density at radius 1 is 1.12 bits per heavy atom. The lowest BCUT2D eigenvalue weighted by Crippen LogP contribution is -2.35. The summed E-state index contributed by atoms with van der Waals surface area (Å²) in [6.07, 6.45) is 11.4. The molecule has 0 amide bonds. The maximum absolute atomic E-state index is 5.55. The molecule has 0 rings (SSSR count). The molecule has 1 unspecified atom stereocenters. The molecule has 16 heavy (non-hydrogen) atoms. The van der Waals surface area contributed by atoms with E-state index in [1.807, 2.05) is 0 Å². The summed E-state index contributed by atoms with van der Waals surface area (Å²) in [6.45, 7) is 8.44. The van der Waals surface area contributed by atoms with Crippen molar-refractivity contribution in [3.8, 4) is 0 Å². The topological polar surface area (TPSA) is 38.0 Å². The van der Waals surface area contributed by atoms with Gasteiger partial charge in [-0.05, 0) is 19.3 Å². The molecule has 96 valence electrons. The highest BCUT2D eigenvalue weighted by atomic mass is 15.2. The molecule has 0 bridgehead atoms. The normalized spacial score (nSPS) is 12.7. The molecule has 3 N–H and O–H groups in total. The quantitative estimate of drug-likeness (QED) is 0.242. The van der Waals surface area contributed by atoms with Gasteiger partial charge in [-0.1, -0.05) is 64.5 Å². The van der Waals surface area contributed by atoms with Crippen LogP contribution < -0.4 is 11.3 Å². The molecule has 0 heterocycles. The van der Waals surface area contributed by atoms with Crippen LogP contribution in [0.5, 0.6) is 0 Å². The van der Waals surface area contributed by atoms with Crippen LogP contribution in [0.2, 0.25) is 0 Å². The van der Waals surface area contributed by atoms with Gasteiger partial charge in [0.1, 0.15) is 0 Å². The second-order valence-electron chi connectivity index (χ2n) is 4.73. The molecule has 0 fully saturated rings. The third kappa shape index (κ3) is 8.93. The van der Waals surface area contributed by atoms with Crippen LogP contribution in [0.4, 0.5) is 0 Å². The average Bonchev–Trinajstić information content (AvgIpc) is 2.31. The van der Waals surface area contributed by atoms with Gasteiger partial charge in [0, 0.05) is 6.04 Å². The Bertz CT molecular complexity index is 166. The van der Waals surface area contributed by atoms with Crippen molar-refractivity contribution in [1.29, 1.82) is 0 Å². The summed E-state index contributed by atoms with van der Waals surface area (Å²) in [6, 6.07) is 0.429. The summed E-state index contributed by atoms with van der Waals surface area (Å²) in [5.41, 5.74) is 4.21. The third-order valence-corrected chi connectivity index (χ3v) is 3.18. The van der Waals surface area contributed by atoms with Gasteiger partial charge in [-0.2, -0.15) is 0 Å². The van der Waals surface area contributed by atoms with Crippen LogP contribution in [0.25, 0.3) is 0 Å². The lowest BCUT2D eigenvalue weighted by molar-refractivity contribution is 0.456. The van der Waals surface area contributed by atoms with Gasteiger partial charge in [0.25, 0.3) is 0 Å². The van der Waals surface area contributed by atoms with Crippen LogP contribution in [0.15, 0.2) is 12.2 Å². The molecular formula is C14H30N2. The number of hydrogen-bond acceptors (Lipinski definition) is 2. The zero-order valence-electron chi connectivity index (χ0n) is 11.2. The number of rotatable bonds is 11. The van der Waals surface area contributed by atoms with Gasteiger partial charge in [-0.15, -0.1) is 0 Å². The van der Waals surface area contributed by atoms with Crippen LogP contribution in [0.1, 0.15) is 71.6 Å². The van der Waals surface area contributed by atoms with Gasteiger partial charge < -0.3 is 0 Å². The second-order valence-corrected chi connectivity index (χ2v) is 4.73. The van der Waals surface area contributed by atoms with Crippen molar-refractivity contribution in [3.05, 3.63) is 12.2 Å². The number of hydrazine groups is 1. The first kappa shape index (κ1) is 15.7. The Kier molecular flexibility index (Phi) is 10.9. The minimum Gasteiger partial charge on any atom is -0.271 e. The fraction of sp³-hybridized carbons (Fsp3) is 0.857. The molecule has 0 saturated heterocycles. The molecule has 2 nitrogen and oxygen atoms in total. The van der Waals surface area contributed by atoms with Crippen molar-refractivity contribution in [2.24, 2.45) is 5.84 Å². The molecule has 0 aliphatic rings. The maximum Gasteiger partial charge on any atom is 0.0247 e. The van der Waals surface area contributed by atoms with Gasteiger partial charge in [0.05, 0.1) is 0 Å². The first-order valence-corrected chi connectivity index (χ1v) is 6.87. The minimum atomic E-state index is 0.429. The number of unbranched alkanes of at least 4 members (excludes halogenated alkanes) is 5. The van der Waals surface area contributed by atoms with Crippen LogP contribution in [0.3, 0.4) is 0 Å². The van der Waals surface area contributed by atoms with E-state index in [4.69, 9.17) is 5.84 Å². The van der Waals surface area contributed by atoms with E-state index in [1.165, 1.54) is 50.5 Å². The maximum atomic E-state index is 5.55. The first-order valence-electron chi connectivity index (χ1n) is 6.87. The molecule has 0 aliphatic heterocycles. The average molecular weight is 226 g/mol. The largest absolute Gasteiger partial charge is 0.271 e. The standard InChI is InChI=1S/C14H30N2/c1-4-6-7-8-9-10-11-14(16-15)12-13(3)5-2/h14,16H,3-12,15H2,1-2H3. The summed E-state index contributed by atoms with van der Waals surface area (Å²) in [4.78, 5) is 0. The summed E-state index contributed by atoms with van der Waals surface area (Å²) in [7, 11) is 0. The Morgan fingerprint density at radius 2 is 1.75 bits per heavy atom. The van der Waals surface area contributed by atoms with Gasteiger partial charge >= 0.3 is 0 Å². The predicted octanol–water partition coefficient (Wildman–Crippen LogP) is 3.93. The van der Waals surface area contributed by atoms with E-state index in [0.29, 0.717) is 6.04 Å². The minimum absolute atomic E-state index is 0.429. The van der Waals surface area contributed by atoms with Crippen molar-refractivity contribution in [3.63, 3.8) is 0 Å². The van der Waals surface area contributed by atoms with Crippen LogP contribution >= 0.6 is 0 Å². The summed E-state index contributed by atoms with van der Waals surface area (Å²) in [5.74, 6) is 5.55. The SMILES string of the molecule is C=C(CC)CC(CCCCCCCC)NN. The Morgan fingerprint density at radius 3 is 2.31 bits per heavy atom. The summed E-state index contributed by atoms with van der Waals surface area (Å²) >= 11 is 0. The molecule has 0 aromatic rings. The summed E-state index contributed by atoms with van der Waals surface area (Å²) in [5, 5.41) is 0. The van der Waals surface area contributed by atoms with E-state index in [1.54, 1.807) is 0 Å². The molecular weight excluding hydrogens is 196 g/mol. The third-order valence-electron chi connectivity index (χ3n) is 3.18. The molecule has 0 spiro atoms. The van der Waals surface area contributed by atoms with E-state index in [9.17, 15) is 0 Å². The lowest BCUT2D eigenvalue weighted by atomic mass is 10.00. The van der Waals surface area contributed by atoms with E-state index in [2.05, 4.69) is 25.9 Å². The van der Waals surface area contributed by atoms with Gasteiger partial charge in [0.15, 0.2) is 0 Å². The van der Waals surface area contributed by atoms with Crippen LogP contribution in [-0.2, 0) is 0 Å². The smallest absolute Gasteiger partial charge is 0.0247 e. The van der Waals surface area contributed by atoms with Crippen molar-refractivity contribution in [2.75, 3.05) is 0 Å². The van der Waals surface area contributed by atoms with E-state index in [-0.39, 0.29) is 0 Å². The van der Waals surface area contributed by atoms with Gasteiger partial charge in [-0.3, -0.25) is 11.3 Å². The van der Waals surface area contributed by atoms with Gasteiger partial charge in [0.2, 0.25) is 0 Å². The molecule has 0 saturated carbocycles. The Hall–Kier alpha value is -0.340. The van der Waals surface area contributed by atoms with Crippen molar-refractivity contribution < 1.29 is 0 Å². The molecule has 0 aliphatic carbocycles. The van der Waals surface area contributed by atoms with Gasteiger partial charge in [-0.25, -0.2) is 0 Å².